The van der Waals surface area contributed by atoms with Gasteiger partial charge in [0, 0.05) is 37.3 Å². The highest BCUT2D eigenvalue weighted by Gasteiger charge is 2.27. The maximum atomic E-state index is 14.7. The molecule has 4 rings (SSSR count). The lowest BCUT2D eigenvalue weighted by Gasteiger charge is -2.33. The molecule has 2 aliphatic rings. The number of aromatic nitrogens is 2. The number of fused-ring (bicyclic) bond motifs is 1. The van der Waals surface area contributed by atoms with E-state index in [4.69, 9.17) is 4.74 Å². The van der Waals surface area contributed by atoms with Crippen LogP contribution in [0.3, 0.4) is 0 Å². The highest BCUT2D eigenvalue weighted by atomic mass is 19.1. The molecule has 10 heteroatoms. The van der Waals surface area contributed by atoms with Crippen LogP contribution in [-0.4, -0.2) is 64.3 Å². The Morgan fingerprint density at radius 3 is 2.77 bits per heavy atom. The number of hydrogen-bond donors (Lipinski definition) is 3. The Labute approximate surface area is 227 Å². The molecule has 4 heterocycles. The molecular weight excluding hydrogens is 501 g/mol. The SMILES string of the molecule is C=C=C1NC(=O)CO/C1=C/C=C(\C)CNC1CCN(CCn2c(=O)ccc3ncc(F)c(C(C)(C)O)c32)CC1. The summed E-state index contributed by atoms with van der Waals surface area (Å²) in [5, 5.41) is 16.9. The van der Waals surface area contributed by atoms with E-state index in [1.165, 1.54) is 24.5 Å². The molecule has 0 aromatic carbocycles. The molecule has 9 nitrogen and oxygen atoms in total. The Morgan fingerprint density at radius 2 is 2.08 bits per heavy atom. The van der Waals surface area contributed by atoms with Crippen molar-refractivity contribution >= 4 is 16.9 Å². The van der Waals surface area contributed by atoms with Crippen molar-refractivity contribution in [3.05, 3.63) is 81.6 Å². The Hall–Kier alpha value is -3.56. The number of nitrogens with zero attached hydrogens (tertiary/aromatic N) is 3. The van der Waals surface area contributed by atoms with Gasteiger partial charge in [0.25, 0.3) is 11.5 Å². The molecule has 0 saturated carbocycles. The van der Waals surface area contributed by atoms with Crippen LogP contribution in [-0.2, 0) is 21.7 Å². The zero-order valence-corrected chi connectivity index (χ0v) is 22.7. The summed E-state index contributed by atoms with van der Waals surface area (Å²) in [4.78, 5) is 30.6. The Balaban J connectivity index is 1.32. The zero-order valence-electron chi connectivity index (χ0n) is 22.7. The average molecular weight is 538 g/mol. The van der Waals surface area contributed by atoms with Crippen LogP contribution in [0.5, 0.6) is 0 Å². The zero-order chi connectivity index (χ0) is 28.2. The molecule has 2 aromatic rings. The number of allylic oxidation sites excluding steroid dienone is 2. The summed E-state index contributed by atoms with van der Waals surface area (Å²) < 4.78 is 21.7. The maximum Gasteiger partial charge on any atom is 0.262 e. The number of morpholine rings is 1. The van der Waals surface area contributed by atoms with Gasteiger partial charge in [0.1, 0.15) is 11.5 Å². The fourth-order valence-electron chi connectivity index (χ4n) is 4.94. The lowest BCUT2D eigenvalue weighted by molar-refractivity contribution is -0.125. The van der Waals surface area contributed by atoms with Crippen molar-refractivity contribution in [1.82, 2.24) is 25.1 Å². The molecule has 2 fully saturated rings. The smallest absolute Gasteiger partial charge is 0.262 e. The number of aliphatic hydroxyl groups is 1. The Morgan fingerprint density at radius 1 is 1.33 bits per heavy atom. The number of hydrogen-bond acceptors (Lipinski definition) is 7. The number of amides is 1. The van der Waals surface area contributed by atoms with Crippen molar-refractivity contribution in [2.75, 3.05) is 32.8 Å². The maximum absolute atomic E-state index is 14.7. The Bertz CT molecular complexity index is 1410. The molecule has 2 aliphatic heterocycles. The van der Waals surface area contributed by atoms with Crippen molar-refractivity contribution < 1.29 is 19.0 Å². The highest BCUT2D eigenvalue weighted by Crippen LogP contribution is 2.29. The molecule has 3 N–H and O–H groups in total. The number of likely N-dealkylation sites (tertiary alicyclic amines) is 1. The number of piperidine rings is 1. The summed E-state index contributed by atoms with van der Waals surface area (Å²) in [6.45, 7) is 12.1. The molecule has 0 radical (unpaired) electrons. The number of pyridine rings is 2. The second-order valence-corrected chi connectivity index (χ2v) is 10.5. The highest BCUT2D eigenvalue weighted by molar-refractivity contribution is 5.81. The van der Waals surface area contributed by atoms with Gasteiger partial charge in [0.05, 0.1) is 22.8 Å². The van der Waals surface area contributed by atoms with E-state index in [0.29, 0.717) is 41.6 Å². The lowest BCUT2D eigenvalue weighted by atomic mass is 9.96. The summed E-state index contributed by atoms with van der Waals surface area (Å²) in [6, 6.07) is 3.38. The van der Waals surface area contributed by atoms with Gasteiger partial charge < -0.3 is 29.9 Å². The third-order valence-electron chi connectivity index (χ3n) is 7.03. The van der Waals surface area contributed by atoms with Gasteiger partial charge in [-0.15, -0.1) is 0 Å². The van der Waals surface area contributed by atoms with Crippen molar-refractivity contribution in [3.8, 4) is 0 Å². The first-order valence-corrected chi connectivity index (χ1v) is 13.1. The number of halogens is 1. The van der Waals surface area contributed by atoms with Gasteiger partial charge in [0.15, 0.2) is 12.4 Å². The first-order valence-electron chi connectivity index (χ1n) is 13.1. The van der Waals surface area contributed by atoms with E-state index in [1.54, 1.807) is 6.07 Å². The lowest BCUT2D eigenvalue weighted by Crippen LogP contribution is -2.44. The second-order valence-electron chi connectivity index (χ2n) is 10.5. The summed E-state index contributed by atoms with van der Waals surface area (Å²) in [6.07, 6.45) is 6.78. The van der Waals surface area contributed by atoms with E-state index in [0.717, 1.165) is 44.2 Å². The van der Waals surface area contributed by atoms with Gasteiger partial charge in [-0.1, -0.05) is 24.0 Å². The van der Waals surface area contributed by atoms with Crippen molar-refractivity contribution in [1.29, 1.82) is 0 Å². The van der Waals surface area contributed by atoms with E-state index >= 15 is 0 Å². The minimum Gasteiger partial charge on any atom is -0.481 e. The molecule has 2 aromatic heterocycles. The van der Waals surface area contributed by atoms with Gasteiger partial charge in [0.2, 0.25) is 0 Å². The van der Waals surface area contributed by atoms with Crippen molar-refractivity contribution in [2.45, 2.75) is 51.8 Å². The monoisotopic (exact) mass is 537 g/mol. The summed E-state index contributed by atoms with van der Waals surface area (Å²) in [5.74, 6) is -0.311. The van der Waals surface area contributed by atoms with Crippen LogP contribution >= 0.6 is 0 Å². The minimum absolute atomic E-state index is 0.0236. The number of nitrogens with one attached hydrogen (secondary N) is 2. The van der Waals surface area contributed by atoms with Gasteiger partial charge in [-0.2, -0.15) is 0 Å². The average Bonchev–Trinajstić information content (AvgIpc) is 2.90. The molecule has 208 valence electrons. The summed E-state index contributed by atoms with van der Waals surface area (Å²) in [5.41, 5.74) is 3.45. The minimum atomic E-state index is -1.46. The number of ether oxygens (including phenoxy) is 1. The molecule has 39 heavy (non-hydrogen) atoms. The summed E-state index contributed by atoms with van der Waals surface area (Å²) in [7, 11) is 0. The van der Waals surface area contributed by atoms with Crippen LogP contribution in [0.4, 0.5) is 4.39 Å². The molecule has 1 amide bonds. The third kappa shape index (κ3) is 6.91. The summed E-state index contributed by atoms with van der Waals surface area (Å²) >= 11 is 0. The first-order chi connectivity index (χ1) is 18.6. The topological polar surface area (TPSA) is 109 Å². The van der Waals surface area contributed by atoms with E-state index in [9.17, 15) is 19.1 Å². The van der Waals surface area contributed by atoms with Gasteiger partial charge >= 0.3 is 0 Å². The normalized spacial score (nSPS) is 18.8. The Kier molecular flexibility index (Phi) is 8.82. The largest absolute Gasteiger partial charge is 0.481 e. The molecule has 0 unspecified atom stereocenters. The van der Waals surface area contributed by atoms with Crippen LogP contribution in [0.1, 0.15) is 39.2 Å². The quantitative estimate of drug-likeness (QED) is 0.444. The molecular formula is C29H36FN5O4. The predicted octanol–water partition coefficient (Wildman–Crippen LogP) is 2.46. The van der Waals surface area contributed by atoms with Crippen LogP contribution < -0.4 is 16.2 Å². The standard InChI is InChI=1S/C29H36FN5O4/c1-5-22-24(39-18-25(36)33-22)8-6-19(2)16-31-20-10-12-34(13-11-20)14-15-35-26(37)9-7-23-28(35)27(29(3,4)38)21(30)17-32-23/h6-9,17,20,31,38H,1,10-16,18H2,2-4H3,(H,33,36)/b19-6+,24-8+. The van der Waals surface area contributed by atoms with Crippen LogP contribution in [0.25, 0.3) is 11.0 Å². The van der Waals surface area contributed by atoms with E-state index in [2.05, 4.69) is 32.8 Å². The van der Waals surface area contributed by atoms with Gasteiger partial charge in [-0.25, -0.2) is 4.39 Å². The number of rotatable bonds is 8. The van der Waals surface area contributed by atoms with E-state index in [-0.39, 0.29) is 23.6 Å². The van der Waals surface area contributed by atoms with Crippen LogP contribution in [0.15, 0.2) is 64.6 Å². The third-order valence-corrected chi connectivity index (χ3v) is 7.03. The van der Waals surface area contributed by atoms with Crippen LogP contribution in [0.2, 0.25) is 0 Å². The fraction of sp³-hybridized carbons (Fsp3) is 0.448. The molecule has 2 saturated heterocycles. The van der Waals surface area contributed by atoms with Crippen LogP contribution in [0, 0.1) is 5.82 Å². The number of carbonyl (C=O) groups is 1. The first kappa shape index (κ1) is 28.4. The molecule has 0 aliphatic carbocycles. The molecule has 0 spiro atoms. The fourth-order valence-corrected chi connectivity index (χ4v) is 4.94. The van der Waals surface area contributed by atoms with Crippen molar-refractivity contribution in [2.24, 2.45) is 0 Å². The predicted molar refractivity (Wildman–Crippen MR) is 147 cm³/mol. The molecule has 0 bridgehead atoms. The van der Waals surface area contributed by atoms with Gasteiger partial charge in [-0.05, 0) is 58.8 Å². The van der Waals surface area contributed by atoms with E-state index in [1.807, 2.05) is 19.1 Å². The second kappa shape index (κ2) is 12.1. The van der Waals surface area contributed by atoms with Gasteiger partial charge in [-0.3, -0.25) is 14.6 Å². The molecule has 0 atom stereocenters. The van der Waals surface area contributed by atoms with Crippen molar-refractivity contribution in [3.63, 3.8) is 0 Å². The number of carbonyl (C=O) groups excluding carboxylic acids is 1. The van der Waals surface area contributed by atoms with E-state index < -0.39 is 11.4 Å².